The molecule has 1 nitrogen and oxygen atoms in total. The Balaban J connectivity index is 2.25. The van der Waals surface area contributed by atoms with Crippen LogP contribution in [0.1, 0.15) is 16.5 Å². The van der Waals surface area contributed by atoms with Gasteiger partial charge in [0.2, 0.25) is 0 Å². The predicted molar refractivity (Wildman–Crippen MR) is 73.0 cm³/mol. The highest BCUT2D eigenvalue weighted by molar-refractivity contribution is 6.31. The van der Waals surface area contributed by atoms with Crippen molar-refractivity contribution in [3.05, 3.63) is 63.6 Å². The van der Waals surface area contributed by atoms with Crippen LogP contribution in [0, 0.1) is 5.82 Å². The number of aromatic nitrogens is 1. The molecule has 2 rings (SSSR count). The average molecular weight is 305 g/mol. The summed E-state index contributed by atoms with van der Waals surface area (Å²) in [6.45, 7) is 0. The molecule has 0 fully saturated rings. The molecule has 1 unspecified atom stereocenters. The quantitative estimate of drug-likeness (QED) is 0.723. The summed E-state index contributed by atoms with van der Waals surface area (Å²) in [5.74, 6) is -0.371. The Morgan fingerprint density at radius 2 is 2.00 bits per heavy atom. The van der Waals surface area contributed by atoms with Crippen molar-refractivity contribution in [1.29, 1.82) is 0 Å². The summed E-state index contributed by atoms with van der Waals surface area (Å²) in [4.78, 5) is 3.89. The molecule has 94 valence electrons. The van der Waals surface area contributed by atoms with Crippen LogP contribution in [0.15, 0.2) is 36.7 Å². The maximum Gasteiger partial charge on any atom is 0.128 e. The molecule has 5 heteroatoms. The van der Waals surface area contributed by atoms with Crippen molar-refractivity contribution in [2.45, 2.75) is 11.8 Å². The van der Waals surface area contributed by atoms with Crippen molar-refractivity contribution in [2.24, 2.45) is 0 Å². The zero-order valence-corrected chi connectivity index (χ0v) is 11.5. The minimum Gasteiger partial charge on any atom is -0.263 e. The van der Waals surface area contributed by atoms with E-state index in [1.54, 1.807) is 12.3 Å². The molecule has 18 heavy (non-hydrogen) atoms. The molecular formula is C13H9Cl3FN. The van der Waals surface area contributed by atoms with Crippen molar-refractivity contribution >= 4 is 34.8 Å². The van der Waals surface area contributed by atoms with Crippen molar-refractivity contribution in [2.75, 3.05) is 0 Å². The third kappa shape index (κ3) is 3.14. The number of hydrogen-bond acceptors (Lipinski definition) is 1. The molecule has 0 spiro atoms. The lowest BCUT2D eigenvalue weighted by Gasteiger charge is -2.12. The fraction of sp³-hybridized carbons (Fsp3) is 0.154. The lowest BCUT2D eigenvalue weighted by Crippen LogP contribution is -2.00. The molecule has 0 aliphatic carbocycles. The smallest absolute Gasteiger partial charge is 0.128 e. The molecule has 0 radical (unpaired) electrons. The van der Waals surface area contributed by atoms with Gasteiger partial charge in [0, 0.05) is 23.0 Å². The zero-order valence-electron chi connectivity index (χ0n) is 9.21. The monoisotopic (exact) mass is 303 g/mol. The van der Waals surface area contributed by atoms with Crippen LogP contribution in [0.3, 0.4) is 0 Å². The summed E-state index contributed by atoms with van der Waals surface area (Å²) < 4.78 is 13.6. The number of rotatable bonds is 3. The molecule has 1 aromatic heterocycles. The summed E-state index contributed by atoms with van der Waals surface area (Å²) in [6.07, 6.45) is 3.58. The fourth-order valence-electron chi connectivity index (χ4n) is 1.63. The van der Waals surface area contributed by atoms with Gasteiger partial charge in [-0.2, -0.15) is 0 Å². The second kappa shape index (κ2) is 5.87. The van der Waals surface area contributed by atoms with E-state index in [1.165, 1.54) is 24.4 Å². The Labute approximate surface area is 120 Å². The van der Waals surface area contributed by atoms with Crippen LogP contribution in [0.25, 0.3) is 0 Å². The van der Waals surface area contributed by atoms with Gasteiger partial charge in [0.25, 0.3) is 0 Å². The lowest BCUT2D eigenvalue weighted by molar-refractivity contribution is 0.606. The topological polar surface area (TPSA) is 12.9 Å². The first-order valence-corrected chi connectivity index (χ1v) is 6.44. The summed E-state index contributed by atoms with van der Waals surface area (Å²) in [7, 11) is 0. The first-order chi connectivity index (χ1) is 8.58. The second-order valence-electron chi connectivity index (χ2n) is 3.80. The standard InChI is InChI=1S/C13H9Cl3FN/c14-9-1-2-13(17)10(6-9)11(15)5-8-3-4-18-7-12(8)16/h1-4,6-7,11H,5H2. The van der Waals surface area contributed by atoms with Crippen LogP contribution in [0.4, 0.5) is 4.39 Å². The molecule has 0 aliphatic rings. The van der Waals surface area contributed by atoms with Gasteiger partial charge in [-0.3, -0.25) is 4.98 Å². The highest BCUT2D eigenvalue weighted by Gasteiger charge is 2.15. The van der Waals surface area contributed by atoms with Gasteiger partial charge < -0.3 is 0 Å². The van der Waals surface area contributed by atoms with Gasteiger partial charge in [-0.25, -0.2) is 4.39 Å². The Kier molecular flexibility index (Phi) is 4.44. The first-order valence-electron chi connectivity index (χ1n) is 5.25. The SMILES string of the molecule is Fc1ccc(Cl)cc1C(Cl)Cc1ccncc1Cl. The normalized spacial score (nSPS) is 12.4. The minimum absolute atomic E-state index is 0.371. The van der Waals surface area contributed by atoms with Crippen molar-refractivity contribution in [3.63, 3.8) is 0 Å². The van der Waals surface area contributed by atoms with Crippen LogP contribution in [-0.2, 0) is 6.42 Å². The Morgan fingerprint density at radius 3 is 2.72 bits per heavy atom. The van der Waals surface area contributed by atoms with Crippen LogP contribution >= 0.6 is 34.8 Å². The van der Waals surface area contributed by atoms with E-state index in [1.807, 2.05) is 0 Å². The van der Waals surface area contributed by atoms with Crippen molar-refractivity contribution < 1.29 is 4.39 Å². The molecule has 1 heterocycles. The lowest BCUT2D eigenvalue weighted by atomic mass is 10.0. The molecule has 0 bridgehead atoms. The van der Waals surface area contributed by atoms with E-state index < -0.39 is 5.38 Å². The second-order valence-corrected chi connectivity index (χ2v) is 5.18. The largest absolute Gasteiger partial charge is 0.263 e. The fourth-order valence-corrected chi connectivity index (χ4v) is 2.34. The van der Waals surface area contributed by atoms with Crippen molar-refractivity contribution in [1.82, 2.24) is 4.98 Å². The summed E-state index contributed by atoms with van der Waals surface area (Å²) in [6, 6.07) is 6.09. The predicted octanol–water partition coefficient (Wildman–Crippen LogP) is 5.05. The highest BCUT2D eigenvalue weighted by atomic mass is 35.5. The van der Waals surface area contributed by atoms with Gasteiger partial charge in [-0.1, -0.05) is 23.2 Å². The highest BCUT2D eigenvalue weighted by Crippen LogP contribution is 2.31. The maximum absolute atomic E-state index is 13.6. The molecular weight excluding hydrogens is 296 g/mol. The maximum atomic E-state index is 13.6. The van der Waals surface area contributed by atoms with Crippen molar-refractivity contribution in [3.8, 4) is 0 Å². The molecule has 2 aromatic rings. The molecule has 1 aromatic carbocycles. The van der Waals surface area contributed by atoms with E-state index in [0.29, 0.717) is 22.0 Å². The van der Waals surface area contributed by atoms with E-state index in [9.17, 15) is 4.39 Å². The van der Waals surface area contributed by atoms with Gasteiger partial charge in [-0.15, -0.1) is 11.6 Å². The van der Waals surface area contributed by atoms with Gasteiger partial charge in [0.05, 0.1) is 10.4 Å². The van der Waals surface area contributed by atoms with E-state index in [-0.39, 0.29) is 5.82 Å². The number of hydrogen-bond donors (Lipinski definition) is 0. The molecule has 0 saturated carbocycles. The summed E-state index contributed by atoms with van der Waals surface area (Å²) >= 11 is 18.0. The number of nitrogens with zero attached hydrogens (tertiary/aromatic N) is 1. The van der Waals surface area contributed by atoms with E-state index >= 15 is 0 Å². The van der Waals surface area contributed by atoms with Gasteiger partial charge in [0.15, 0.2) is 0 Å². The van der Waals surface area contributed by atoms with Gasteiger partial charge in [-0.05, 0) is 36.2 Å². The van der Waals surface area contributed by atoms with Gasteiger partial charge in [0.1, 0.15) is 5.82 Å². The summed E-state index contributed by atoms with van der Waals surface area (Å²) in [5.41, 5.74) is 1.20. The first kappa shape index (κ1) is 13.6. The van der Waals surface area contributed by atoms with Crippen LogP contribution in [0.2, 0.25) is 10.0 Å². The molecule has 1 atom stereocenters. The summed E-state index contributed by atoms with van der Waals surface area (Å²) in [5, 5.41) is 0.451. The number of alkyl halides is 1. The molecule has 0 saturated heterocycles. The minimum atomic E-state index is -0.524. The van der Waals surface area contributed by atoms with Crippen LogP contribution < -0.4 is 0 Å². The molecule has 0 amide bonds. The molecule has 0 N–H and O–H groups in total. The zero-order chi connectivity index (χ0) is 13.1. The van der Waals surface area contributed by atoms with E-state index in [2.05, 4.69) is 4.98 Å². The van der Waals surface area contributed by atoms with Crippen LogP contribution in [0.5, 0.6) is 0 Å². The number of pyridine rings is 1. The Bertz CT molecular complexity index is 560. The number of benzene rings is 1. The van der Waals surface area contributed by atoms with Gasteiger partial charge >= 0.3 is 0 Å². The Hall–Kier alpha value is -0.830. The third-order valence-electron chi connectivity index (χ3n) is 2.55. The number of halogens is 4. The molecule has 0 aliphatic heterocycles. The average Bonchev–Trinajstić information content (AvgIpc) is 2.35. The van der Waals surface area contributed by atoms with Crippen LogP contribution in [-0.4, -0.2) is 4.98 Å². The Morgan fingerprint density at radius 1 is 1.22 bits per heavy atom. The van der Waals surface area contributed by atoms with E-state index in [0.717, 1.165) is 5.56 Å². The third-order valence-corrected chi connectivity index (χ3v) is 3.52. The van der Waals surface area contributed by atoms with E-state index in [4.69, 9.17) is 34.8 Å².